The molecule has 1 aliphatic rings. The number of aromatic nitrogens is 4. The van der Waals surface area contributed by atoms with Crippen molar-refractivity contribution >= 4 is 34.0 Å². The summed E-state index contributed by atoms with van der Waals surface area (Å²) in [5, 5.41) is 0.251. The Morgan fingerprint density at radius 3 is 2.83 bits per heavy atom. The first-order chi connectivity index (χ1) is 14.5. The molecule has 1 N–H and O–H groups in total. The quantitative estimate of drug-likeness (QED) is 0.547. The first-order valence-corrected chi connectivity index (χ1v) is 9.96. The fourth-order valence-electron chi connectivity index (χ4n) is 4.02. The summed E-state index contributed by atoms with van der Waals surface area (Å²) < 4.78 is 6.97. The van der Waals surface area contributed by atoms with Gasteiger partial charge in [-0.25, -0.2) is 9.97 Å². The number of benzene rings is 1. The van der Waals surface area contributed by atoms with E-state index in [-0.39, 0.29) is 22.6 Å². The van der Waals surface area contributed by atoms with Gasteiger partial charge in [-0.3, -0.25) is 9.59 Å². The summed E-state index contributed by atoms with van der Waals surface area (Å²) in [6.45, 7) is 4.27. The van der Waals surface area contributed by atoms with E-state index in [1.807, 2.05) is 24.3 Å². The van der Waals surface area contributed by atoms with E-state index in [0.717, 1.165) is 29.9 Å². The SMILES string of the molecule is Cc1oc2ncn(C)c(=O)c2c1C(=O)N1CCCN(c2nc3ccccc3[nH]2)CC1. The average molecular weight is 406 g/mol. The van der Waals surface area contributed by atoms with Crippen molar-refractivity contribution in [2.75, 3.05) is 31.1 Å². The van der Waals surface area contributed by atoms with Crippen LogP contribution in [0.4, 0.5) is 5.95 Å². The molecule has 9 nitrogen and oxygen atoms in total. The summed E-state index contributed by atoms with van der Waals surface area (Å²) in [6.07, 6.45) is 2.20. The third kappa shape index (κ3) is 2.94. The number of aromatic amines is 1. The van der Waals surface area contributed by atoms with Crippen LogP contribution in [0.1, 0.15) is 22.5 Å². The molecule has 1 saturated heterocycles. The van der Waals surface area contributed by atoms with Gasteiger partial charge in [0.05, 0.1) is 16.6 Å². The predicted molar refractivity (Wildman–Crippen MR) is 113 cm³/mol. The van der Waals surface area contributed by atoms with Crippen molar-refractivity contribution in [1.82, 2.24) is 24.4 Å². The minimum absolute atomic E-state index is 0.192. The van der Waals surface area contributed by atoms with Gasteiger partial charge in [-0.2, -0.15) is 0 Å². The van der Waals surface area contributed by atoms with Crippen LogP contribution in [-0.4, -0.2) is 56.5 Å². The highest BCUT2D eigenvalue weighted by Crippen LogP contribution is 2.24. The maximum atomic E-state index is 13.3. The van der Waals surface area contributed by atoms with Crippen LogP contribution >= 0.6 is 0 Å². The highest BCUT2D eigenvalue weighted by Gasteiger charge is 2.28. The number of carbonyl (C=O) groups excluding carboxylic acids is 1. The second-order valence-electron chi connectivity index (χ2n) is 7.58. The number of furan rings is 1. The number of amides is 1. The summed E-state index contributed by atoms with van der Waals surface area (Å²) in [4.78, 5) is 42.1. The number of para-hydroxylation sites is 2. The number of anilines is 1. The molecule has 4 aromatic rings. The molecule has 0 atom stereocenters. The number of H-pyrrole nitrogens is 1. The molecule has 1 amide bonds. The third-order valence-electron chi connectivity index (χ3n) is 5.62. The molecule has 0 radical (unpaired) electrons. The summed E-state index contributed by atoms with van der Waals surface area (Å²) in [6, 6.07) is 7.92. The van der Waals surface area contributed by atoms with Gasteiger partial charge in [0.15, 0.2) is 0 Å². The van der Waals surface area contributed by atoms with Gasteiger partial charge in [0.2, 0.25) is 11.7 Å². The number of carbonyl (C=O) groups is 1. The minimum Gasteiger partial charge on any atom is -0.442 e. The number of aryl methyl sites for hydroxylation is 2. The van der Waals surface area contributed by atoms with E-state index in [0.29, 0.717) is 31.0 Å². The van der Waals surface area contributed by atoms with Gasteiger partial charge in [-0.15, -0.1) is 0 Å². The first-order valence-electron chi connectivity index (χ1n) is 9.96. The van der Waals surface area contributed by atoms with Gasteiger partial charge < -0.3 is 23.8 Å². The second-order valence-corrected chi connectivity index (χ2v) is 7.58. The Morgan fingerprint density at radius 2 is 2.00 bits per heavy atom. The molecule has 0 unspecified atom stereocenters. The summed E-state index contributed by atoms with van der Waals surface area (Å²) in [7, 11) is 1.61. The molecule has 9 heteroatoms. The second kappa shape index (κ2) is 7.01. The number of nitrogens with zero attached hydrogens (tertiary/aromatic N) is 5. The summed E-state index contributed by atoms with van der Waals surface area (Å²) in [5.74, 6) is 1.04. The normalized spacial score (nSPS) is 15.1. The smallest absolute Gasteiger partial charge is 0.265 e. The minimum atomic E-state index is -0.279. The number of fused-ring (bicyclic) bond motifs is 2. The van der Waals surface area contributed by atoms with Gasteiger partial charge in [0.1, 0.15) is 17.5 Å². The Hall–Kier alpha value is -3.62. The van der Waals surface area contributed by atoms with Gasteiger partial charge in [-0.1, -0.05) is 12.1 Å². The van der Waals surface area contributed by atoms with Crippen LogP contribution in [0.25, 0.3) is 22.1 Å². The zero-order chi connectivity index (χ0) is 20.8. The van der Waals surface area contributed by atoms with E-state index in [2.05, 4.69) is 19.9 Å². The van der Waals surface area contributed by atoms with Gasteiger partial charge in [0, 0.05) is 33.2 Å². The first kappa shape index (κ1) is 18.4. The topological polar surface area (TPSA) is 100 Å². The van der Waals surface area contributed by atoms with Crippen LogP contribution in [0.3, 0.4) is 0 Å². The van der Waals surface area contributed by atoms with E-state index >= 15 is 0 Å². The fourth-order valence-corrected chi connectivity index (χ4v) is 4.02. The molecule has 3 aromatic heterocycles. The average Bonchev–Trinajstić information content (AvgIpc) is 3.22. The molecule has 1 fully saturated rings. The Kier molecular flexibility index (Phi) is 4.30. The molecule has 154 valence electrons. The van der Waals surface area contributed by atoms with Gasteiger partial charge >= 0.3 is 0 Å². The van der Waals surface area contributed by atoms with E-state index in [9.17, 15) is 9.59 Å². The Labute approximate surface area is 171 Å². The largest absolute Gasteiger partial charge is 0.442 e. The number of rotatable bonds is 2. The lowest BCUT2D eigenvalue weighted by molar-refractivity contribution is 0.0767. The molecular formula is C21H22N6O3. The highest BCUT2D eigenvalue weighted by molar-refractivity contribution is 6.06. The number of hydrogen-bond acceptors (Lipinski definition) is 6. The molecule has 1 aromatic carbocycles. The van der Waals surface area contributed by atoms with Crippen molar-refractivity contribution in [2.45, 2.75) is 13.3 Å². The maximum Gasteiger partial charge on any atom is 0.265 e. The van der Waals surface area contributed by atoms with Gasteiger partial charge in [0.25, 0.3) is 11.5 Å². The van der Waals surface area contributed by atoms with Crippen LogP contribution in [0.5, 0.6) is 0 Å². The van der Waals surface area contributed by atoms with E-state index in [1.54, 1.807) is 18.9 Å². The highest BCUT2D eigenvalue weighted by atomic mass is 16.3. The third-order valence-corrected chi connectivity index (χ3v) is 5.62. The van der Waals surface area contributed by atoms with E-state index in [4.69, 9.17) is 4.42 Å². The molecule has 4 heterocycles. The number of nitrogens with one attached hydrogen (secondary N) is 1. The van der Waals surface area contributed by atoms with Crippen LogP contribution in [0.15, 0.2) is 39.8 Å². The Morgan fingerprint density at radius 1 is 1.17 bits per heavy atom. The molecule has 0 aliphatic carbocycles. The zero-order valence-electron chi connectivity index (χ0n) is 16.9. The van der Waals surface area contributed by atoms with Crippen LogP contribution in [-0.2, 0) is 7.05 Å². The molecule has 30 heavy (non-hydrogen) atoms. The Balaban J connectivity index is 1.42. The monoisotopic (exact) mass is 406 g/mol. The van der Waals surface area contributed by atoms with Crippen molar-refractivity contribution in [3.8, 4) is 0 Å². The Bertz CT molecular complexity index is 1280. The molecule has 5 rings (SSSR count). The van der Waals surface area contributed by atoms with E-state index in [1.165, 1.54) is 10.9 Å². The van der Waals surface area contributed by atoms with Gasteiger partial charge in [-0.05, 0) is 25.5 Å². The molecule has 0 saturated carbocycles. The van der Waals surface area contributed by atoms with Crippen molar-refractivity contribution in [1.29, 1.82) is 0 Å². The molecule has 1 aliphatic heterocycles. The number of imidazole rings is 1. The van der Waals surface area contributed by atoms with Crippen molar-refractivity contribution in [3.63, 3.8) is 0 Å². The van der Waals surface area contributed by atoms with Crippen LogP contribution in [0, 0.1) is 6.92 Å². The molecule has 0 bridgehead atoms. The van der Waals surface area contributed by atoms with Crippen molar-refractivity contribution in [2.24, 2.45) is 7.05 Å². The lowest BCUT2D eigenvalue weighted by Crippen LogP contribution is -2.36. The standard InChI is InChI=1S/C21H22N6O3/c1-13-16(17-18(30-13)22-12-25(2)19(17)28)20(29)26-8-5-9-27(11-10-26)21-23-14-6-3-4-7-15(14)24-21/h3-4,6-7,12H,5,8-11H2,1-2H3,(H,23,24). The van der Waals surface area contributed by atoms with Crippen LogP contribution < -0.4 is 10.5 Å². The maximum absolute atomic E-state index is 13.3. The number of hydrogen-bond donors (Lipinski definition) is 1. The molecule has 0 spiro atoms. The molecular weight excluding hydrogens is 384 g/mol. The summed E-state index contributed by atoms with van der Waals surface area (Å²) in [5.41, 5.74) is 2.16. The lowest BCUT2D eigenvalue weighted by Gasteiger charge is -2.21. The fraction of sp³-hybridized carbons (Fsp3) is 0.333. The van der Waals surface area contributed by atoms with E-state index < -0.39 is 0 Å². The van der Waals surface area contributed by atoms with Crippen molar-refractivity contribution in [3.05, 3.63) is 52.3 Å². The predicted octanol–water partition coefficient (Wildman–Crippen LogP) is 2.06. The van der Waals surface area contributed by atoms with Crippen molar-refractivity contribution < 1.29 is 9.21 Å². The zero-order valence-corrected chi connectivity index (χ0v) is 16.9. The van der Waals surface area contributed by atoms with Crippen LogP contribution in [0.2, 0.25) is 0 Å². The summed E-state index contributed by atoms with van der Waals surface area (Å²) >= 11 is 0. The lowest BCUT2D eigenvalue weighted by atomic mass is 10.1.